The second kappa shape index (κ2) is 6.56. The first-order valence-corrected chi connectivity index (χ1v) is 6.42. The van der Waals surface area contributed by atoms with Gasteiger partial charge in [0.25, 0.3) is 5.91 Å². The molecule has 0 bridgehead atoms. The highest BCUT2D eigenvalue weighted by Gasteiger charge is 2.08. The number of nitrogens with one attached hydrogen (secondary N) is 2. The van der Waals surface area contributed by atoms with Gasteiger partial charge in [-0.1, -0.05) is 12.1 Å². The van der Waals surface area contributed by atoms with Crippen LogP contribution in [0.25, 0.3) is 0 Å². The molecule has 0 radical (unpaired) electrons. The van der Waals surface area contributed by atoms with Crippen molar-refractivity contribution in [2.45, 2.75) is 6.92 Å². The Balaban J connectivity index is 2.12. The summed E-state index contributed by atoms with van der Waals surface area (Å²) < 4.78 is 5.39. The van der Waals surface area contributed by atoms with Crippen molar-refractivity contribution >= 4 is 17.4 Å². The molecule has 0 saturated heterocycles. The zero-order valence-corrected chi connectivity index (χ0v) is 11.5. The molecule has 1 heterocycles. The third kappa shape index (κ3) is 3.47. The Hall–Kier alpha value is -2.56. The van der Waals surface area contributed by atoms with Crippen molar-refractivity contribution in [2.75, 3.05) is 24.3 Å². The van der Waals surface area contributed by atoms with Crippen LogP contribution in [0, 0.1) is 0 Å². The predicted octanol–water partition coefficient (Wildman–Crippen LogP) is 2.77. The van der Waals surface area contributed by atoms with Gasteiger partial charge in [-0.3, -0.25) is 4.79 Å². The molecular formula is C15H17N3O2. The second-order valence-corrected chi connectivity index (χ2v) is 4.07. The van der Waals surface area contributed by atoms with E-state index >= 15 is 0 Å². The van der Waals surface area contributed by atoms with Gasteiger partial charge in [-0.05, 0) is 31.2 Å². The van der Waals surface area contributed by atoms with E-state index in [1.807, 2.05) is 25.1 Å². The van der Waals surface area contributed by atoms with E-state index in [0.29, 0.717) is 23.8 Å². The van der Waals surface area contributed by atoms with E-state index < -0.39 is 0 Å². The molecule has 1 aromatic carbocycles. The van der Waals surface area contributed by atoms with Gasteiger partial charge in [0.1, 0.15) is 17.3 Å². The maximum Gasteiger partial charge on any atom is 0.274 e. The van der Waals surface area contributed by atoms with E-state index in [2.05, 4.69) is 15.6 Å². The molecule has 2 N–H and O–H groups in total. The lowest BCUT2D eigenvalue weighted by molar-refractivity contribution is 0.102. The summed E-state index contributed by atoms with van der Waals surface area (Å²) in [5.41, 5.74) is 1.04. The summed E-state index contributed by atoms with van der Waals surface area (Å²) in [6, 6.07) is 12.5. The van der Waals surface area contributed by atoms with Crippen LogP contribution in [0.2, 0.25) is 0 Å². The molecule has 0 aliphatic carbocycles. The number of hydrogen-bond donors (Lipinski definition) is 2. The minimum Gasteiger partial charge on any atom is -0.494 e. The third-order valence-electron chi connectivity index (χ3n) is 2.64. The standard InChI is InChI=1S/C15H17N3O2/c1-3-20-12-7-4-6-11(10-12)17-15(19)13-8-5-9-14(16-2)18-13/h4-10H,3H2,1-2H3,(H,16,18)(H,17,19). The first kappa shape index (κ1) is 13.9. The number of amides is 1. The number of aromatic nitrogens is 1. The lowest BCUT2D eigenvalue weighted by atomic mass is 10.2. The third-order valence-corrected chi connectivity index (χ3v) is 2.64. The number of ether oxygens (including phenoxy) is 1. The largest absolute Gasteiger partial charge is 0.494 e. The van der Waals surface area contributed by atoms with Gasteiger partial charge in [0.05, 0.1) is 6.61 Å². The summed E-state index contributed by atoms with van der Waals surface area (Å²) in [6.07, 6.45) is 0. The quantitative estimate of drug-likeness (QED) is 0.877. The van der Waals surface area contributed by atoms with Crippen LogP contribution < -0.4 is 15.4 Å². The van der Waals surface area contributed by atoms with E-state index in [9.17, 15) is 4.79 Å². The second-order valence-electron chi connectivity index (χ2n) is 4.07. The number of hydrogen-bond acceptors (Lipinski definition) is 4. The predicted molar refractivity (Wildman–Crippen MR) is 79.3 cm³/mol. The van der Waals surface area contributed by atoms with Crippen molar-refractivity contribution < 1.29 is 9.53 Å². The average molecular weight is 271 g/mol. The van der Waals surface area contributed by atoms with Crippen molar-refractivity contribution in [2.24, 2.45) is 0 Å². The summed E-state index contributed by atoms with van der Waals surface area (Å²) in [7, 11) is 1.76. The molecular weight excluding hydrogens is 254 g/mol. The minimum atomic E-state index is -0.254. The van der Waals surface area contributed by atoms with Crippen LogP contribution in [0.5, 0.6) is 5.75 Å². The molecule has 2 rings (SSSR count). The molecule has 2 aromatic rings. The van der Waals surface area contributed by atoms with Gasteiger partial charge in [0.15, 0.2) is 0 Å². The van der Waals surface area contributed by atoms with Crippen molar-refractivity contribution in [3.63, 3.8) is 0 Å². The molecule has 1 aromatic heterocycles. The van der Waals surface area contributed by atoms with Gasteiger partial charge >= 0.3 is 0 Å². The zero-order valence-electron chi connectivity index (χ0n) is 11.5. The Morgan fingerprint density at radius 2 is 2.05 bits per heavy atom. The Morgan fingerprint density at radius 3 is 2.80 bits per heavy atom. The van der Waals surface area contributed by atoms with Crippen LogP contribution in [0.15, 0.2) is 42.5 Å². The van der Waals surface area contributed by atoms with Crippen LogP contribution in [0.3, 0.4) is 0 Å². The first-order valence-electron chi connectivity index (χ1n) is 6.42. The molecule has 0 unspecified atom stereocenters. The molecule has 0 fully saturated rings. The van der Waals surface area contributed by atoms with Crippen LogP contribution >= 0.6 is 0 Å². The van der Waals surface area contributed by atoms with E-state index in [-0.39, 0.29) is 5.91 Å². The zero-order chi connectivity index (χ0) is 14.4. The Morgan fingerprint density at radius 1 is 1.25 bits per heavy atom. The molecule has 0 saturated carbocycles. The fraction of sp³-hybridized carbons (Fsp3) is 0.200. The monoisotopic (exact) mass is 271 g/mol. The maximum atomic E-state index is 12.1. The van der Waals surface area contributed by atoms with Gasteiger partial charge < -0.3 is 15.4 Å². The van der Waals surface area contributed by atoms with Crippen LogP contribution in [0.4, 0.5) is 11.5 Å². The van der Waals surface area contributed by atoms with Gasteiger partial charge in [-0.25, -0.2) is 4.98 Å². The number of carbonyl (C=O) groups is 1. The molecule has 20 heavy (non-hydrogen) atoms. The number of benzene rings is 1. The SMILES string of the molecule is CCOc1cccc(NC(=O)c2cccc(NC)n2)c1. The van der Waals surface area contributed by atoms with Gasteiger partial charge in [0.2, 0.25) is 0 Å². The molecule has 5 nitrogen and oxygen atoms in total. The lowest BCUT2D eigenvalue weighted by Crippen LogP contribution is -2.14. The van der Waals surface area contributed by atoms with Crippen molar-refractivity contribution in [3.05, 3.63) is 48.2 Å². The Bertz CT molecular complexity index is 599. The summed E-state index contributed by atoms with van der Waals surface area (Å²) in [4.78, 5) is 16.3. The topological polar surface area (TPSA) is 63.2 Å². The maximum absolute atomic E-state index is 12.1. The fourth-order valence-electron chi connectivity index (χ4n) is 1.73. The smallest absolute Gasteiger partial charge is 0.274 e. The first-order chi connectivity index (χ1) is 9.72. The van der Waals surface area contributed by atoms with Gasteiger partial charge in [0, 0.05) is 18.8 Å². The number of anilines is 2. The highest BCUT2D eigenvalue weighted by Crippen LogP contribution is 2.18. The van der Waals surface area contributed by atoms with E-state index in [0.717, 1.165) is 5.75 Å². The summed E-state index contributed by atoms with van der Waals surface area (Å²) in [5.74, 6) is 1.12. The van der Waals surface area contributed by atoms with Gasteiger partial charge in [-0.15, -0.1) is 0 Å². The molecule has 0 atom stereocenters. The molecule has 5 heteroatoms. The summed E-state index contributed by atoms with van der Waals surface area (Å²) >= 11 is 0. The minimum absolute atomic E-state index is 0.254. The van der Waals surface area contributed by atoms with E-state index in [4.69, 9.17) is 4.74 Å². The van der Waals surface area contributed by atoms with Crippen LogP contribution in [-0.4, -0.2) is 24.5 Å². The van der Waals surface area contributed by atoms with Crippen LogP contribution in [-0.2, 0) is 0 Å². The van der Waals surface area contributed by atoms with Gasteiger partial charge in [-0.2, -0.15) is 0 Å². The van der Waals surface area contributed by atoms with Crippen molar-refractivity contribution in [1.29, 1.82) is 0 Å². The highest BCUT2D eigenvalue weighted by molar-refractivity contribution is 6.03. The summed E-state index contributed by atoms with van der Waals surface area (Å²) in [6.45, 7) is 2.50. The molecule has 0 aliphatic rings. The molecule has 0 aliphatic heterocycles. The van der Waals surface area contributed by atoms with Crippen LogP contribution in [0.1, 0.15) is 17.4 Å². The lowest BCUT2D eigenvalue weighted by Gasteiger charge is -2.08. The number of rotatable bonds is 5. The number of pyridine rings is 1. The average Bonchev–Trinajstić information content (AvgIpc) is 2.48. The molecule has 0 spiro atoms. The summed E-state index contributed by atoms with van der Waals surface area (Å²) in [5, 5.41) is 5.70. The Kier molecular flexibility index (Phi) is 4.55. The van der Waals surface area contributed by atoms with Crippen molar-refractivity contribution in [3.8, 4) is 5.75 Å². The fourth-order valence-corrected chi connectivity index (χ4v) is 1.73. The number of nitrogens with zero attached hydrogens (tertiary/aromatic N) is 1. The normalized spacial score (nSPS) is 9.90. The molecule has 104 valence electrons. The van der Waals surface area contributed by atoms with E-state index in [1.54, 1.807) is 31.3 Å². The van der Waals surface area contributed by atoms with E-state index in [1.165, 1.54) is 0 Å². The number of carbonyl (C=O) groups excluding carboxylic acids is 1. The Labute approximate surface area is 118 Å². The molecule has 1 amide bonds. The van der Waals surface area contributed by atoms with Crippen molar-refractivity contribution in [1.82, 2.24) is 4.98 Å². The highest BCUT2D eigenvalue weighted by atomic mass is 16.5.